The summed E-state index contributed by atoms with van der Waals surface area (Å²) in [6.07, 6.45) is 14.1. The number of carbonyl (C=O) groups excluding carboxylic acids is 10. The first-order valence-electron chi connectivity index (χ1n) is 31.0. The minimum absolute atomic E-state index is 0.0265. The quantitative estimate of drug-likeness (QED) is 0.0171. The summed E-state index contributed by atoms with van der Waals surface area (Å²) in [5.41, 5.74) is 23.6. The van der Waals surface area contributed by atoms with Crippen LogP contribution in [0.25, 0.3) is 0 Å². The van der Waals surface area contributed by atoms with Gasteiger partial charge in [-0.15, -0.1) is 0 Å². The number of unbranched alkanes of at least 4 members (excludes halogenated alkanes) is 14. The first-order chi connectivity index (χ1) is 42.4. The van der Waals surface area contributed by atoms with Crippen LogP contribution in [0.15, 0.2) is 35.3 Å². The molecule has 1 aromatic rings. The number of aliphatic hydroxyl groups is 2. The highest BCUT2D eigenvalue weighted by molar-refractivity contribution is 8.76. The van der Waals surface area contributed by atoms with Gasteiger partial charge in [0.1, 0.15) is 36.3 Å². The van der Waals surface area contributed by atoms with E-state index in [0.717, 1.165) is 73.0 Å². The number of nitrogens with one attached hydrogen (secondary N) is 9. The maximum absolute atomic E-state index is 14.4. The fraction of sp³-hybridized carbons (Fsp3) is 0.695. The fourth-order valence-electron chi connectivity index (χ4n) is 9.29. The minimum atomic E-state index is -1.71. The first kappa shape index (κ1) is 78.5. The zero-order chi connectivity index (χ0) is 66.1. The van der Waals surface area contributed by atoms with Gasteiger partial charge in [-0.2, -0.15) is 0 Å². The zero-order valence-corrected chi connectivity index (χ0v) is 53.5. The highest BCUT2D eigenvalue weighted by Gasteiger charge is 2.36. The standard InChI is InChI=1S/C59H100N14O14S2/c1-37(60)52(81)50(38(2)74)73-57(86)45-36-89-88-35-44(68-47(77)33-66-53(82)41(61)26-21-22-30-64-46(76)28-19-14-12-10-8-6-4-5-7-9-11-13-15-20-29-49(79)80)56(85)69-42(27-23-31-65-59(62)63)55(84)70-43(32-40-24-17-16-18-25-40)54(83)67-34-48(78)72-51(39(3)75)58(87)71-45/h16-18,24-25,37-39,41-45,50-51,74-75H,4-15,19-23,26-36,60-61H2,1-3H3,(H,64,76)(H,66,82)(H,67,83)(H,68,77)(H,69,85)(H,70,84)(H,71,87)(H,72,78)(H,73,86)(H,79,80)(H4,62,63,65)/t37?,38-,39-,41+,42+,43+,44+,45+,50+,51+/m1/s1. The Morgan fingerprint density at radius 3 is 1.82 bits per heavy atom. The van der Waals surface area contributed by atoms with Crippen molar-refractivity contribution >= 4 is 92.5 Å². The lowest BCUT2D eigenvalue weighted by atomic mass is 10.0. The molecule has 1 unspecified atom stereocenters. The summed E-state index contributed by atoms with van der Waals surface area (Å²) in [6, 6.07) is -2.65. The number of aliphatic imine (C=N–C) groups is 1. The van der Waals surface area contributed by atoms with Gasteiger partial charge in [0.05, 0.1) is 37.4 Å². The highest BCUT2D eigenvalue weighted by atomic mass is 33.1. The fourth-order valence-corrected chi connectivity index (χ4v) is 11.6. The lowest BCUT2D eigenvalue weighted by Gasteiger charge is -2.28. The van der Waals surface area contributed by atoms with Gasteiger partial charge in [-0.1, -0.05) is 129 Å². The van der Waals surface area contributed by atoms with Crippen molar-refractivity contribution in [3.05, 3.63) is 35.9 Å². The molecular weight excluding hydrogens is 1190 g/mol. The summed E-state index contributed by atoms with van der Waals surface area (Å²) in [6.45, 7) is 2.80. The van der Waals surface area contributed by atoms with E-state index in [1.165, 1.54) is 59.3 Å². The number of rotatable bonds is 38. The average Bonchev–Trinajstić information content (AvgIpc) is 3.58. The molecule has 0 aromatic heterocycles. The molecule has 1 aliphatic heterocycles. The second-order valence-electron chi connectivity index (χ2n) is 22.4. The van der Waals surface area contributed by atoms with E-state index in [4.69, 9.17) is 28.0 Å². The van der Waals surface area contributed by atoms with Gasteiger partial charge in [0, 0.05) is 43.9 Å². The van der Waals surface area contributed by atoms with Crippen LogP contribution in [0.4, 0.5) is 0 Å². The molecule has 0 aliphatic carbocycles. The number of nitrogens with zero attached hydrogens (tertiary/aromatic N) is 1. The largest absolute Gasteiger partial charge is 0.481 e. The number of guanidine groups is 1. The first-order valence-corrected chi connectivity index (χ1v) is 33.5. The van der Waals surface area contributed by atoms with Crippen molar-refractivity contribution in [3.8, 4) is 0 Å². The number of hydrogen-bond acceptors (Lipinski definition) is 18. The molecule has 502 valence electrons. The van der Waals surface area contributed by atoms with Crippen LogP contribution in [0.5, 0.6) is 0 Å². The molecule has 0 spiro atoms. The van der Waals surface area contributed by atoms with Crippen LogP contribution in [-0.4, -0.2) is 184 Å². The zero-order valence-electron chi connectivity index (χ0n) is 51.9. The van der Waals surface area contributed by atoms with E-state index in [-0.39, 0.29) is 62.0 Å². The SMILES string of the molecule is CC(N)C(=O)[C@@H](NC(=O)[C@@H]1CSSC[C@H](NC(=O)CNC(=O)[C@@H](N)CCCCNC(=O)CCCCCCCCCCCCCCCCC(=O)O)C(=O)N[C@@H](CCCN=C(N)N)C(=O)N[C@@H](Cc2ccccc2)C(=O)NCC(=O)N[C@@H]([C@@H](C)O)C(=O)N1)[C@@H](C)O. The van der Waals surface area contributed by atoms with Crippen LogP contribution in [0.1, 0.15) is 161 Å². The van der Waals surface area contributed by atoms with Crippen LogP contribution < -0.4 is 70.8 Å². The molecule has 0 bridgehead atoms. The van der Waals surface area contributed by atoms with Crippen molar-refractivity contribution in [3.63, 3.8) is 0 Å². The summed E-state index contributed by atoms with van der Waals surface area (Å²) >= 11 is 0. The number of aliphatic hydroxyl groups excluding tert-OH is 2. The predicted octanol–water partition coefficient (Wildman–Crippen LogP) is -0.563. The lowest BCUT2D eigenvalue weighted by Crippen LogP contribution is -2.61. The topological polar surface area (TPSA) is 473 Å². The third kappa shape index (κ3) is 35.4. The van der Waals surface area contributed by atoms with E-state index in [9.17, 15) is 63.0 Å². The number of aliphatic carboxylic acids is 1. The van der Waals surface area contributed by atoms with Gasteiger partial charge in [0.15, 0.2) is 11.7 Å². The van der Waals surface area contributed by atoms with Crippen LogP contribution in [0.3, 0.4) is 0 Å². The van der Waals surface area contributed by atoms with Crippen LogP contribution >= 0.6 is 21.6 Å². The second-order valence-corrected chi connectivity index (χ2v) is 25.0. The third-order valence-corrected chi connectivity index (χ3v) is 16.9. The molecule has 10 atom stereocenters. The van der Waals surface area contributed by atoms with Crippen LogP contribution in [0, 0.1) is 0 Å². The Balaban J connectivity index is 2.18. The average molecular weight is 1290 g/mol. The molecule has 30 heteroatoms. The van der Waals surface area contributed by atoms with Crippen molar-refractivity contribution < 1.29 is 68.1 Å². The number of carboxylic acids is 1. The summed E-state index contributed by atoms with van der Waals surface area (Å²) in [7, 11) is 1.83. The minimum Gasteiger partial charge on any atom is -0.481 e. The number of amides is 9. The molecule has 1 fully saturated rings. The molecule has 1 aliphatic rings. The van der Waals surface area contributed by atoms with E-state index in [1.807, 2.05) is 0 Å². The summed E-state index contributed by atoms with van der Waals surface area (Å²) in [5.74, 6) is -9.49. The Morgan fingerprint density at radius 2 is 1.25 bits per heavy atom. The molecule has 28 nitrogen and oxygen atoms in total. The lowest BCUT2D eigenvalue weighted by molar-refractivity contribution is -0.137. The molecule has 89 heavy (non-hydrogen) atoms. The van der Waals surface area contributed by atoms with Gasteiger partial charge in [-0.25, -0.2) is 0 Å². The summed E-state index contributed by atoms with van der Waals surface area (Å²) in [5, 5.41) is 52.7. The van der Waals surface area contributed by atoms with Gasteiger partial charge in [-0.3, -0.25) is 57.7 Å². The molecule has 0 radical (unpaired) electrons. The molecule has 1 saturated heterocycles. The monoisotopic (exact) mass is 1290 g/mol. The Kier molecular flexibility index (Phi) is 40.2. The number of carbonyl (C=O) groups is 11. The number of benzene rings is 1. The molecule has 9 amide bonds. The molecular formula is C59H100N14O14S2. The van der Waals surface area contributed by atoms with E-state index in [1.54, 1.807) is 30.3 Å². The Morgan fingerprint density at radius 1 is 0.663 bits per heavy atom. The number of Topliss-reactive ketones (excluding diaryl/α,β-unsaturated/α-hetero) is 1. The second kappa shape index (κ2) is 45.6. The van der Waals surface area contributed by atoms with E-state index < -0.39 is 133 Å². The number of hydrogen-bond donors (Lipinski definition) is 16. The van der Waals surface area contributed by atoms with E-state index >= 15 is 0 Å². The third-order valence-electron chi connectivity index (χ3n) is 14.4. The van der Waals surface area contributed by atoms with Gasteiger partial charge >= 0.3 is 5.97 Å². The molecule has 0 saturated carbocycles. The van der Waals surface area contributed by atoms with Gasteiger partial charge in [-0.05, 0) is 71.3 Å². The van der Waals surface area contributed by atoms with Crippen molar-refractivity contribution in [2.45, 2.75) is 223 Å². The maximum atomic E-state index is 14.4. The van der Waals surface area contributed by atoms with E-state index in [0.29, 0.717) is 31.4 Å². The summed E-state index contributed by atoms with van der Waals surface area (Å²) < 4.78 is 0. The van der Waals surface area contributed by atoms with Gasteiger partial charge in [0.2, 0.25) is 53.2 Å². The molecule has 1 aromatic carbocycles. The number of nitrogens with two attached hydrogens (primary N) is 4. The van der Waals surface area contributed by atoms with Crippen molar-refractivity contribution in [1.82, 2.24) is 47.9 Å². The molecule has 2 rings (SSSR count). The molecule has 20 N–H and O–H groups in total. The smallest absolute Gasteiger partial charge is 0.303 e. The molecule has 1 heterocycles. The Labute approximate surface area is 530 Å². The van der Waals surface area contributed by atoms with Crippen molar-refractivity contribution in [2.24, 2.45) is 27.9 Å². The Hall–Kier alpha value is -6.60. The maximum Gasteiger partial charge on any atom is 0.303 e. The highest BCUT2D eigenvalue weighted by Crippen LogP contribution is 2.24. The normalized spacial score (nSPS) is 19.8. The number of carboxylic acid groups (broad SMARTS) is 1. The summed E-state index contributed by atoms with van der Waals surface area (Å²) in [4.78, 5) is 150. The van der Waals surface area contributed by atoms with E-state index in [2.05, 4.69) is 52.8 Å². The predicted molar refractivity (Wildman–Crippen MR) is 341 cm³/mol. The van der Waals surface area contributed by atoms with Crippen LogP contribution in [-0.2, 0) is 59.2 Å². The van der Waals surface area contributed by atoms with Crippen molar-refractivity contribution in [1.29, 1.82) is 0 Å². The van der Waals surface area contributed by atoms with Crippen LogP contribution in [0.2, 0.25) is 0 Å². The number of ketones is 1. The van der Waals surface area contributed by atoms with Gasteiger partial charge in [0.25, 0.3) is 0 Å². The Bertz CT molecular complexity index is 2410. The van der Waals surface area contributed by atoms with Crippen molar-refractivity contribution in [2.75, 3.05) is 37.7 Å². The van der Waals surface area contributed by atoms with Gasteiger partial charge < -0.3 is 86.1 Å².